The Hall–Kier alpha value is -3.86. The molecule has 1 aromatic heterocycles. The molecule has 1 aliphatic heterocycles. The van der Waals surface area contributed by atoms with Crippen LogP contribution in [0.5, 0.6) is 5.75 Å². The first-order chi connectivity index (χ1) is 14.0. The quantitative estimate of drug-likeness (QED) is 0.789. The highest BCUT2D eigenvalue weighted by Crippen LogP contribution is 2.24. The maximum Gasteiger partial charge on any atom is 0.316 e. The fourth-order valence-corrected chi connectivity index (χ4v) is 3.01. The van der Waals surface area contributed by atoms with Crippen LogP contribution < -0.4 is 15.6 Å². The molecule has 0 amide bonds. The fourth-order valence-electron chi connectivity index (χ4n) is 3.01. The molecule has 8 heteroatoms. The van der Waals surface area contributed by atoms with Crippen LogP contribution in [0.4, 0.5) is 14.7 Å². The topological polar surface area (TPSA) is 65.4 Å². The highest BCUT2D eigenvalue weighted by molar-refractivity contribution is 5.54. The highest BCUT2D eigenvalue weighted by atomic mass is 19.1. The number of fused-ring (bicyclic) bond motifs is 1. The van der Waals surface area contributed by atoms with Crippen LogP contribution in [0.3, 0.4) is 0 Å². The number of hydrogen-bond donors (Lipinski definition) is 1. The Kier molecular flexibility index (Phi) is 4.87. The maximum atomic E-state index is 13.6. The van der Waals surface area contributed by atoms with Gasteiger partial charge in [0.2, 0.25) is 11.7 Å². The lowest BCUT2D eigenvalue weighted by atomic mass is 10.1. The number of methoxy groups -OCH3 is 1. The van der Waals surface area contributed by atoms with Gasteiger partial charge in [-0.1, -0.05) is 5.92 Å². The molecule has 1 atom stereocenters. The number of halogens is 2. The number of rotatable bonds is 5. The smallest absolute Gasteiger partial charge is 0.316 e. The molecule has 0 saturated carbocycles. The van der Waals surface area contributed by atoms with Gasteiger partial charge in [-0.3, -0.25) is 4.79 Å². The van der Waals surface area contributed by atoms with Crippen LogP contribution in [0.2, 0.25) is 0 Å². The number of benzene rings is 1. The molecular formula is C21H15F2N3O3. The molecule has 1 N–H and O–H groups in total. The maximum absolute atomic E-state index is 13.6. The van der Waals surface area contributed by atoms with Crippen molar-refractivity contribution in [1.29, 1.82) is 0 Å². The number of anilines is 1. The van der Waals surface area contributed by atoms with Gasteiger partial charge in [-0.25, -0.2) is 8.78 Å². The summed E-state index contributed by atoms with van der Waals surface area (Å²) in [5, 5.41) is 3.09. The van der Waals surface area contributed by atoms with E-state index in [1.54, 1.807) is 24.5 Å². The van der Waals surface area contributed by atoms with E-state index in [0.29, 0.717) is 11.3 Å². The summed E-state index contributed by atoms with van der Waals surface area (Å²) in [5.41, 5.74) is 1.18. The first-order valence-electron chi connectivity index (χ1n) is 8.65. The summed E-state index contributed by atoms with van der Waals surface area (Å²) in [6, 6.07) is 3.22. The average molecular weight is 395 g/mol. The van der Waals surface area contributed by atoms with Crippen molar-refractivity contribution >= 4 is 5.95 Å². The van der Waals surface area contributed by atoms with Gasteiger partial charge in [0.25, 0.3) is 0 Å². The molecule has 6 nitrogen and oxygen atoms in total. The number of nitrogens with one attached hydrogen (secondary N) is 1. The molecule has 4 rings (SSSR count). The summed E-state index contributed by atoms with van der Waals surface area (Å²) in [5.74, 6) is 4.60. The Morgan fingerprint density at radius 3 is 2.83 bits per heavy atom. The molecule has 2 aliphatic rings. The molecule has 1 aromatic carbocycles. The van der Waals surface area contributed by atoms with Crippen molar-refractivity contribution in [2.45, 2.75) is 12.6 Å². The summed E-state index contributed by atoms with van der Waals surface area (Å²) in [6.07, 6.45) is 7.71. The lowest BCUT2D eigenvalue weighted by molar-refractivity contribution is 0.246. The third-order valence-electron chi connectivity index (χ3n) is 4.31. The van der Waals surface area contributed by atoms with Gasteiger partial charge >= 0.3 is 5.56 Å². The predicted octanol–water partition coefficient (Wildman–Crippen LogP) is 2.73. The van der Waals surface area contributed by atoms with Crippen molar-refractivity contribution in [2.24, 2.45) is 0 Å². The molecule has 0 spiro atoms. The molecule has 0 saturated heterocycles. The van der Waals surface area contributed by atoms with Gasteiger partial charge in [0, 0.05) is 17.3 Å². The highest BCUT2D eigenvalue weighted by Gasteiger charge is 2.21. The van der Waals surface area contributed by atoms with Crippen molar-refractivity contribution < 1.29 is 18.3 Å². The number of allylic oxidation sites excluding steroid dienone is 2. The van der Waals surface area contributed by atoms with E-state index in [-0.39, 0.29) is 18.2 Å². The minimum absolute atomic E-state index is 0.00629. The van der Waals surface area contributed by atoms with Crippen LogP contribution in [0.15, 0.2) is 65.0 Å². The third-order valence-corrected chi connectivity index (χ3v) is 4.31. The first kappa shape index (κ1) is 18.5. The van der Waals surface area contributed by atoms with Gasteiger partial charge in [-0.15, -0.1) is 0 Å². The van der Waals surface area contributed by atoms with Gasteiger partial charge in [0.15, 0.2) is 6.10 Å². The van der Waals surface area contributed by atoms with E-state index < -0.39 is 23.3 Å². The van der Waals surface area contributed by atoms with Crippen molar-refractivity contribution in [3.8, 4) is 17.6 Å². The number of ether oxygens (including phenoxy) is 2. The average Bonchev–Trinajstić information content (AvgIpc) is 3.06. The molecular weight excluding hydrogens is 380 g/mol. The SMILES string of the molecule is COc1cn(Cc2cc(F)cc(F)c2)c(NC2=C3C=COC3C#CC=C2)nc1=O. The van der Waals surface area contributed by atoms with E-state index in [9.17, 15) is 13.6 Å². The van der Waals surface area contributed by atoms with E-state index in [1.165, 1.54) is 30.0 Å². The van der Waals surface area contributed by atoms with Gasteiger partial charge in [0.1, 0.15) is 11.6 Å². The molecule has 0 fully saturated rings. The Morgan fingerprint density at radius 2 is 2.07 bits per heavy atom. The zero-order valence-corrected chi connectivity index (χ0v) is 15.3. The van der Waals surface area contributed by atoms with E-state index in [4.69, 9.17) is 9.47 Å². The third kappa shape index (κ3) is 3.89. The van der Waals surface area contributed by atoms with Crippen LogP contribution in [-0.4, -0.2) is 22.8 Å². The van der Waals surface area contributed by atoms with E-state index in [2.05, 4.69) is 22.1 Å². The van der Waals surface area contributed by atoms with Crippen LogP contribution in [0.25, 0.3) is 0 Å². The Morgan fingerprint density at radius 1 is 1.28 bits per heavy atom. The van der Waals surface area contributed by atoms with Crippen molar-refractivity contribution in [3.63, 3.8) is 0 Å². The lowest BCUT2D eigenvalue weighted by Gasteiger charge is -2.17. The molecule has 1 aliphatic carbocycles. The van der Waals surface area contributed by atoms with Gasteiger partial charge in [-0.2, -0.15) is 4.98 Å². The predicted molar refractivity (Wildman–Crippen MR) is 102 cm³/mol. The van der Waals surface area contributed by atoms with Crippen molar-refractivity contribution in [3.05, 3.63) is 87.7 Å². The Labute approximate surface area is 164 Å². The zero-order chi connectivity index (χ0) is 20.4. The van der Waals surface area contributed by atoms with Gasteiger partial charge < -0.3 is 19.4 Å². The van der Waals surface area contributed by atoms with Gasteiger partial charge in [-0.05, 0) is 41.8 Å². The Balaban J connectivity index is 1.75. The molecule has 2 heterocycles. The van der Waals surface area contributed by atoms with Crippen LogP contribution >= 0.6 is 0 Å². The second kappa shape index (κ2) is 7.64. The van der Waals surface area contributed by atoms with Crippen molar-refractivity contribution in [1.82, 2.24) is 9.55 Å². The van der Waals surface area contributed by atoms with E-state index in [1.807, 2.05) is 0 Å². The summed E-state index contributed by atoms with van der Waals surface area (Å²) >= 11 is 0. The summed E-state index contributed by atoms with van der Waals surface area (Å²) < 4.78 is 39.2. The van der Waals surface area contributed by atoms with Crippen LogP contribution in [0, 0.1) is 23.5 Å². The second-order valence-corrected chi connectivity index (χ2v) is 6.28. The molecule has 29 heavy (non-hydrogen) atoms. The van der Waals surface area contributed by atoms with E-state index >= 15 is 0 Å². The normalized spacial score (nSPS) is 16.6. The second-order valence-electron chi connectivity index (χ2n) is 6.28. The zero-order valence-electron chi connectivity index (χ0n) is 15.3. The number of hydrogen-bond acceptors (Lipinski definition) is 5. The summed E-state index contributed by atoms with van der Waals surface area (Å²) in [7, 11) is 1.35. The molecule has 0 radical (unpaired) electrons. The minimum Gasteiger partial charge on any atom is -0.490 e. The molecule has 2 aromatic rings. The molecule has 0 bridgehead atoms. The lowest BCUT2D eigenvalue weighted by Crippen LogP contribution is -2.21. The molecule has 1 unspecified atom stereocenters. The largest absolute Gasteiger partial charge is 0.490 e. The van der Waals surface area contributed by atoms with Crippen LogP contribution in [-0.2, 0) is 11.3 Å². The summed E-state index contributed by atoms with van der Waals surface area (Å²) in [4.78, 5) is 16.2. The van der Waals surface area contributed by atoms with Crippen molar-refractivity contribution in [2.75, 3.05) is 12.4 Å². The monoisotopic (exact) mass is 395 g/mol. The minimum atomic E-state index is -0.694. The van der Waals surface area contributed by atoms with Crippen LogP contribution in [0.1, 0.15) is 5.56 Å². The fraction of sp³-hybridized carbons (Fsp3) is 0.143. The Bertz CT molecular complexity index is 1170. The number of nitrogens with zero attached hydrogens (tertiary/aromatic N) is 2. The number of aromatic nitrogens is 2. The standard InChI is InChI=1S/C21H15F2N3O3/c1-28-19-12-26(11-13-8-14(22)10-15(23)9-13)21(25-20(19)27)24-17-4-2-3-5-18-16(17)6-7-29-18/h2,4,6-10,12,18H,11H2,1H3,(H,24,25,27). The summed E-state index contributed by atoms with van der Waals surface area (Å²) in [6.45, 7) is 0.0548. The molecule has 146 valence electrons. The van der Waals surface area contributed by atoms with Gasteiger partial charge in [0.05, 0.1) is 26.1 Å². The van der Waals surface area contributed by atoms with E-state index in [0.717, 1.165) is 11.6 Å². The first-order valence-corrected chi connectivity index (χ1v) is 8.65.